The van der Waals surface area contributed by atoms with Crippen LogP contribution >= 0.6 is 11.6 Å². The number of likely N-dealkylation sites (N-methyl/N-ethyl adjacent to an activating group) is 1. The van der Waals surface area contributed by atoms with Crippen molar-refractivity contribution in [2.24, 2.45) is 0 Å². The Morgan fingerprint density at radius 2 is 1.79 bits per heavy atom. The Kier molecular flexibility index (Phi) is 6.80. The zero-order chi connectivity index (χ0) is 20.9. The van der Waals surface area contributed by atoms with E-state index in [1.807, 2.05) is 0 Å². The number of hydrogen-bond donors (Lipinski definition) is 1. The number of nitrogens with zero attached hydrogens (tertiary/aromatic N) is 1. The van der Waals surface area contributed by atoms with Crippen LogP contribution < -0.4 is 5.32 Å². The van der Waals surface area contributed by atoms with Crippen molar-refractivity contribution in [3.63, 3.8) is 0 Å². The highest BCUT2D eigenvalue weighted by Gasteiger charge is 2.33. The predicted octanol–water partition coefficient (Wildman–Crippen LogP) is 4.61. The molecule has 0 spiro atoms. The molecule has 2 aromatic rings. The molecule has 2 aromatic carbocycles. The van der Waals surface area contributed by atoms with Gasteiger partial charge in [0.15, 0.2) is 0 Å². The number of amides is 2. The molecule has 0 saturated heterocycles. The van der Waals surface area contributed by atoms with E-state index in [2.05, 4.69) is 5.32 Å². The molecule has 0 fully saturated rings. The van der Waals surface area contributed by atoms with Gasteiger partial charge in [-0.05, 0) is 42.0 Å². The number of alkyl halides is 3. The third-order valence-electron chi connectivity index (χ3n) is 3.60. The Hall–Kier alpha value is -2.87. The minimum absolute atomic E-state index is 0.0931. The molecule has 2 amide bonds. The number of halogens is 5. The van der Waals surface area contributed by atoms with Crippen LogP contribution in [0.15, 0.2) is 48.5 Å². The zero-order valence-electron chi connectivity index (χ0n) is 14.6. The second kappa shape index (κ2) is 8.88. The van der Waals surface area contributed by atoms with Gasteiger partial charge in [-0.2, -0.15) is 13.2 Å². The molecule has 1 N–H and O–H groups in total. The van der Waals surface area contributed by atoms with Gasteiger partial charge >= 0.3 is 6.18 Å². The average Bonchev–Trinajstić information content (AvgIpc) is 2.61. The van der Waals surface area contributed by atoms with Crippen LogP contribution in [0.1, 0.15) is 11.1 Å². The van der Waals surface area contributed by atoms with E-state index < -0.39 is 34.4 Å². The maximum atomic E-state index is 12.9. The molecule has 0 heterocycles. The van der Waals surface area contributed by atoms with Crippen molar-refractivity contribution in [1.82, 2.24) is 4.90 Å². The molecule has 4 nitrogen and oxygen atoms in total. The standard InChI is InChI=1S/C19H15ClF4N2O2/c1-26(18(28)9-4-12-2-5-13(21)6-3-12)11-17(27)25-14-7-8-16(20)15(10-14)19(22,23)24/h2-10H,11H2,1H3,(H,25,27)/b9-4+. The quantitative estimate of drug-likeness (QED) is 0.574. The molecular weight excluding hydrogens is 400 g/mol. The Bertz CT molecular complexity index is 896. The summed E-state index contributed by atoms with van der Waals surface area (Å²) < 4.78 is 51.4. The van der Waals surface area contributed by atoms with E-state index in [-0.39, 0.29) is 12.2 Å². The number of anilines is 1. The molecule has 9 heteroatoms. The van der Waals surface area contributed by atoms with Gasteiger partial charge in [-0.25, -0.2) is 4.39 Å². The SMILES string of the molecule is CN(CC(=O)Nc1ccc(Cl)c(C(F)(F)F)c1)C(=O)/C=C/c1ccc(F)cc1. The van der Waals surface area contributed by atoms with Gasteiger partial charge in [0.25, 0.3) is 0 Å². The third-order valence-corrected chi connectivity index (χ3v) is 3.93. The minimum atomic E-state index is -4.66. The van der Waals surface area contributed by atoms with Crippen LogP contribution in [0.2, 0.25) is 5.02 Å². The number of benzene rings is 2. The summed E-state index contributed by atoms with van der Waals surface area (Å²) in [6.45, 7) is -0.378. The molecule has 0 atom stereocenters. The summed E-state index contributed by atoms with van der Waals surface area (Å²) in [6, 6.07) is 8.41. The van der Waals surface area contributed by atoms with E-state index >= 15 is 0 Å². The number of carbonyl (C=O) groups is 2. The molecule has 28 heavy (non-hydrogen) atoms. The fourth-order valence-corrected chi connectivity index (χ4v) is 2.41. The van der Waals surface area contributed by atoms with Gasteiger partial charge in [0.05, 0.1) is 17.1 Å². The van der Waals surface area contributed by atoms with Crippen molar-refractivity contribution < 1.29 is 27.2 Å². The maximum Gasteiger partial charge on any atom is 0.417 e. The molecule has 0 unspecified atom stereocenters. The molecule has 0 aliphatic rings. The average molecular weight is 415 g/mol. The van der Waals surface area contributed by atoms with Gasteiger partial charge in [-0.1, -0.05) is 23.7 Å². The van der Waals surface area contributed by atoms with Crippen LogP contribution in [0, 0.1) is 5.82 Å². The molecule has 0 saturated carbocycles. The Balaban J connectivity index is 1.97. The van der Waals surface area contributed by atoms with E-state index in [9.17, 15) is 27.2 Å². The first-order valence-corrected chi connectivity index (χ1v) is 8.29. The topological polar surface area (TPSA) is 49.4 Å². The van der Waals surface area contributed by atoms with Crippen LogP contribution in [0.3, 0.4) is 0 Å². The van der Waals surface area contributed by atoms with Crippen molar-refractivity contribution in [2.45, 2.75) is 6.18 Å². The lowest BCUT2D eigenvalue weighted by Crippen LogP contribution is -2.33. The monoisotopic (exact) mass is 414 g/mol. The van der Waals surface area contributed by atoms with Crippen molar-refractivity contribution in [1.29, 1.82) is 0 Å². The summed E-state index contributed by atoms with van der Waals surface area (Å²) in [7, 11) is 1.36. The molecule has 148 valence electrons. The number of hydrogen-bond acceptors (Lipinski definition) is 2. The first-order valence-electron chi connectivity index (χ1n) is 7.91. The van der Waals surface area contributed by atoms with Crippen molar-refractivity contribution in [3.8, 4) is 0 Å². The fraction of sp³-hybridized carbons (Fsp3) is 0.158. The lowest BCUT2D eigenvalue weighted by molar-refractivity contribution is -0.137. The Morgan fingerprint density at radius 1 is 1.14 bits per heavy atom. The van der Waals surface area contributed by atoms with E-state index in [0.717, 1.165) is 17.0 Å². The van der Waals surface area contributed by atoms with Gasteiger partial charge in [0.2, 0.25) is 11.8 Å². The normalized spacial score (nSPS) is 11.5. The van der Waals surface area contributed by atoms with Crippen LogP contribution in [-0.4, -0.2) is 30.3 Å². The Morgan fingerprint density at radius 3 is 2.39 bits per heavy atom. The van der Waals surface area contributed by atoms with Crippen LogP contribution in [0.4, 0.5) is 23.2 Å². The number of carbonyl (C=O) groups excluding carboxylic acids is 2. The maximum absolute atomic E-state index is 12.9. The lowest BCUT2D eigenvalue weighted by atomic mass is 10.2. The highest BCUT2D eigenvalue weighted by Crippen LogP contribution is 2.36. The van der Waals surface area contributed by atoms with Gasteiger partial charge < -0.3 is 10.2 Å². The van der Waals surface area contributed by atoms with Crippen molar-refractivity contribution in [2.75, 3.05) is 18.9 Å². The largest absolute Gasteiger partial charge is 0.417 e. The summed E-state index contributed by atoms with van der Waals surface area (Å²) in [5.41, 5.74) is -0.573. The first kappa shape index (κ1) is 21.4. The van der Waals surface area contributed by atoms with Gasteiger partial charge in [-0.15, -0.1) is 0 Å². The fourth-order valence-electron chi connectivity index (χ4n) is 2.18. The smallest absolute Gasteiger partial charge is 0.333 e. The van der Waals surface area contributed by atoms with E-state index in [1.165, 1.54) is 49.5 Å². The van der Waals surface area contributed by atoms with Gasteiger partial charge in [0, 0.05) is 18.8 Å². The Labute approximate surface area is 163 Å². The van der Waals surface area contributed by atoms with Crippen LogP contribution in [-0.2, 0) is 15.8 Å². The highest BCUT2D eigenvalue weighted by atomic mass is 35.5. The lowest BCUT2D eigenvalue weighted by Gasteiger charge is -2.16. The van der Waals surface area contributed by atoms with Crippen molar-refractivity contribution in [3.05, 3.63) is 70.5 Å². The first-order chi connectivity index (χ1) is 13.1. The summed E-state index contributed by atoms with van der Waals surface area (Å²) in [4.78, 5) is 25.1. The molecular formula is C19H15ClF4N2O2. The minimum Gasteiger partial charge on any atom is -0.333 e. The molecule has 0 aliphatic carbocycles. The number of rotatable bonds is 5. The van der Waals surface area contributed by atoms with Gasteiger partial charge in [0.1, 0.15) is 5.82 Å². The highest BCUT2D eigenvalue weighted by molar-refractivity contribution is 6.31. The second-order valence-electron chi connectivity index (χ2n) is 5.82. The summed E-state index contributed by atoms with van der Waals surface area (Å²) in [6.07, 6.45) is -2.01. The zero-order valence-corrected chi connectivity index (χ0v) is 15.3. The number of nitrogens with one attached hydrogen (secondary N) is 1. The van der Waals surface area contributed by atoms with Crippen LogP contribution in [0.25, 0.3) is 6.08 Å². The molecule has 0 radical (unpaired) electrons. The van der Waals surface area contributed by atoms with Gasteiger partial charge in [-0.3, -0.25) is 9.59 Å². The van der Waals surface area contributed by atoms with Crippen LogP contribution in [0.5, 0.6) is 0 Å². The van der Waals surface area contributed by atoms with E-state index in [0.29, 0.717) is 5.56 Å². The second-order valence-corrected chi connectivity index (χ2v) is 6.23. The van der Waals surface area contributed by atoms with Crippen molar-refractivity contribution >= 4 is 35.2 Å². The molecule has 2 rings (SSSR count). The molecule has 0 aliphatic heterocycles. The molecule has 0 aromatic heterocycles. The predicted molar refractivity (Wildman–Crippen MR) is 98.2 cm³/mol. The molecule has 0 bridgehead atoms. The summed E-state index contributed by atoms with van der Waals surface area (Å²) in [5, 5.41) is 1.81. The third kappa shape index (κ3) is 6.09. The van der Waals surface area contributed by atoms with E-state index in [1.54, 1.807) is 0 Å². The van der Waals surface area contributed by atoms with E-state index in [4.69, 9.17) is 11.6 Å². The summed E-state index contributed by atoms with van der Waals surface area (Å²) >= 11 is 5.52. The summed E-state index contributed by atoms with van der Waals surface area (Å²) in [5.74, 6) is -1.60.